The van der Waals surface area contributed by atoms with Crippen LogP contribution in [-0.2, 0) is 30.4 Å². The molecule has 0 aliphatic carbocycles. The van der Waals surface area contributed by atoms with Gasteiger partial charge in [-0.25, -0.2) is 0 Å². The SMILES string of the molecule is O=c1c2ccc(S(=O)(=O)O)c(O)c2c(=O)c2c1c(O)cc1[nH]c3c([nH]c12)c(S(=O)(=O)O)c(O)c1c(=O)c2ccc(S(=O)(=O)O)c(O)c2c(=O)c13. The first-order chi connectivity index (χ1) is 23.1. The molecule has 0 saturated carbocycles. The normalized spacial score (nSPS) is 13.0. The quantitative estimate of drug-likeness (QED) is 0.0682. The van der Waals surface area contributed by atoms with E-state index >= 15 is 0 Å². The summed E-state index contributed by atoms with van der Waals surface area (Å²) in [4.78, 5) is 55.8. The van der Waals surface area contributed by atoms with E-state index in [-0.39, 0.29) is 0 Å². The van der Waals surface area contributed by atoms with Crippen LogP contribution in [0.25, 0.3) is 65.2 Å². The van der Waals surface area contributed by atoms with Crippen molar-refractivity contribution >= 4 is 95.5 Å². The van der Waals surface area contributed by atoms with Gasteiger partial charge in [0.05, 0.1) is 54.4 Å². The number of aromatic nitrogens is 2. The molecular weight excluding hydrogens is 733 g/mol. The lowest BCUT2D eigenvalue weighted by Crippen LogP contribution is -2.17. The highest BCUT2D eigenvalue weighted by Crippen LogP contribution is 2.41. The second kappa shape index (κ2) is 9.84. The Bertz CT molecular complexity index is 3410. The minimum atomic E-state index is -5.61. The van der Waals surface area contributed by atoms with Crippen LogP contribution >= 0.6 is 0 Å². The molecule has 22 heteroatoms. The summed E-state index contributed by atoms with van der Waals surface area (Å²) in [6.07, 6.45) is 0. The number of phenols is 4. The molecule has 0 saturated heterocycles. The Kier molecular flexibility index (Phi) is 6.42. The average Bonchev–Trinajstić information content (AvgIpc) is 2.98. The van der Waals surface area contributed by atoms with E-state index in [9.17, 15) is 78.5 Å². The van der Waals surface area contributed by atoms with Gasteiger partial charge in [-0.05, 0) is 24.3 Å². The summed E-state index contributed by atoms with van der Waals surface area (Å²) < 4.78 is 102. The van der Waals surface area contributed by atoms with Gasteiger partial charge in [-0.2, -0.15) is 25.3 Å². The molecule has 256 valence electrons. The maximum absolute atomic E-state index is 13.9. The van der Waals surface area contributed by atoms with Gasteiger partial charge in [0.1, 0.15) is 27.0 Å². The van der Waals surface area contributed by atoms with E-state index in [1.807, 2.05) is 0 Å². The summed E-state index contributed by atoms with van der Waals surface area (Å²) >= 11 is 0. The zero-order valence-corrected chi connectivity index (χ0v) is 26.3. The van der Waals surface area contributed by atoms with Gasteiger partial charge < -0.3 is 30.4 Å². The van der Waals surface area contributed by atoms with Crippen molar-refractivity contribution in [2.45, 2.75) is 14.7 Å². The summed E-state index contributed by atoms with van der Waals surface area (Å²) in [6, 6.07) is 3.40. The predicted molar refractivity (Wildman–Crippen MR) is 173 cm³/mol. The number of nitrogens with one attached hydrogen (secondary N) is 2. The van der Waals surface area contributed by atoms with E-state index < -0.39 is 155 Å². The molecule has 7 rings (SSSR count). The van der Waals surface area contributed by atoms with Crippen LogP contribution in [0.3, 0.4) is 0 Å². The van der Waals surface area contributed by atoms with Gasteiger partial charge in [-0.3, -0.25) is 32.8 Å². The van der Waals surface area contributed by atoms with Crippen LogP contribution in [0, 0.1) is 0 Å². The first-order valence-electron chi connectivity index (χ1n) is 13.3. The molecule has 0 amide bonds. The highest BCUT2D eigenvalue weighted by molar-refractivity contribution is 7.86. The number of fused-ring (bicyclic) bond motifs is 8. The highest BCUT2D eigenvalue weighted by atomic mass is 32.2. The summed E-state index contributed by atoms with van der Waals surface area (Å²) in [7, 11) is -16.0. The van der Waals surface area contributed by atoms with Gasteiger partial charge >= 0.3 is 0 Å². The molecule has 0 unspecified atom stereocenters. The van der Waals surface area contributed by atoms with Crippen LogP contribution < -0.4 is 21.7 Å². The van der Waals surface area contributed by atoms with E-state index in [0.29, 0.717) is 18.2 Å². The van der Waals surface area contributed by atoms with Crippen molar-refractivity contribution in [3.05, 3.63) is 71.2 Å². The smallest absolute Gasteiger partial charge is 0.300 e. The first-order valence-corrected chi connectivity index (χ1v) is 17.6. The molecule has 0 radical (unpaired) electrons. The Hall–Kier alpha value is -5.91. The van der Waals surface area contributed by atoms with Crippen molar-refractivity contribution in [3.8, 4) is 23.0 Å². The largest absolute Gasteiger partial charge is 0.507 e. The zero-order valence-electron chi connectivity index (χ0n) is 23.8. The third kappa shape index (κ3) is 4.20. The summed E-state index contributed by atoms with van der Waals surface area (Å²) in [5.41, 5.74) is -8.20. The van der Waals surface area contributed by atoms with Crippen molar-refractivity contribution in [1.29, 1.82) is 0 Å². The molecule has 0 atom stereocenters. The van der Waals surface area contributed by atoms with E-state index in [0.717, 1.165) is 12.1 Å². The number of hydrogen-bond donors (Lipinski definition) is 9. The third-order valence-electron chi connectivity index (χ3n) is 8.19. The number of H-pyrrole nitrogens is 2. The van der Waals surface area contributed by atoms with E-state index in [1.165, 1.54) is 0 Å². The minimum Gasteiger partial charge on any atom is -0.507 e. The van der Waals surface area contributed by atoms with Crippen molar-refractivity contribution < 1.29 is 59.3 Å². The molecule has 0 aliphatic rings. The number of aromatic hydroxyl groups is 4. The Labute approximate surface area is 273 Å². The molecule has 0 fully saturated rings. The lowest BCUT2D eigenvalue weighted by atomic mass is 9.98. The molecule has 1 aromatic heterocycles. The summed E-state index contributed by atoms with van der Waals surface area (Å²) in [6.45, 7) is 0. The Morgan fingerprint density at radius 3 is 1.38 bits per heavy atom. The molecule has 19 nitrogen and oxygen atoms in total. The van der Waals surface area contributed by atoms with Gasteiger partial charge in [0.2, 0.25) is 10.9 Å². The van der Waals surface area contributed by atoms with E-state index in [2.05, 4.69) is 9.97 Å². The number of benzene rings is 6. The molecule has 0 spiro atoms. The minimum absolute atomic E-state index is 0.472. The highest BCUT2D eigenvalue weighted by Gasteiger charge is 2.31. The maximum atomic E-state index is 13.9. The van der Waals surface area contributed by atoms with Crippen LogP contribution in [0.4, 0.5) is 0 Å². The fraction of sp³-hybridized carbons (Fsp3) is 0. The van der Waals surface area contributed by atoms with Crippen LogP contribution in [0.5, 0.6) is 23.0 Å². The Morgan fingerprint density at radius 2 is 0.920 bits per heavy atom. The second-order valence-electron chi connectivity index (χ2n) is 10.9. The molecule has 7 aromatic rings. The number of aromatic amines is 2. The number of hydrogen-bond acceptors (Lipinski definition) is 14. The average molecular weight is 747 g/mol. The molecule has 0 aliphatic heterocycles. The summed E-state index contributed by atoms with van der Waals surface area (Å²) in [5, 5.41) is 36.4. The molecule has 1 heterocycles. The van der Waals surface area contributed by atoms with Crippen LogP contribution in [0.2, 0.25) is 0 Å². The molecule has 50 heavy (non-hydrogen) atoms. The Morgan fingerprint density at radius 1 is 0.460 bits per heavy atom. The fourth-order valence-electron chi connectivity index (χ4n) is 6.19. The molecule has 6 aromatic carbocycles. The first kappa shape index (κ1) is 32.6. The van der Waals surface area contributed by atoms with E-state index in [1.54, 1.807) is 0 Å². The van der Waals surface area contributed by atoms with E-state index in [4.69, 9.17) is 0 Å². The van der Waals surface area contributed by atoms with Gasteiger partial charge in [0.15, 0.2) is 21.5 Å². The third-order valence-corrected chi connectivity index (χ3v) is 10.9. The zero-order chi connectivity index (χ0) is 36.7. The fourth-order valence-corrected chi connectivity index (χ4v) is 8.12. The molecule has 0 bridgehead atoms. The number of rotatable bonds is 3. The van der Waals surface area contributed by atoms with Gasteiger partial charge in [0.25, 0.3) is 30.4 Å². The van der Waals surface area contributed by atoms with Crippen molar-refractivity contribution in [2.75, 3.05) is 0 Å². The van der Waals surface area contributed by atoms with Gasteiger partial charge in [-0.15, -0.1) is 0 Å². The van der Waals surface area contributed by atoms with Gasteiger partial charge in [0, 0.05) is 16.8 Å². The van der Waals surface area contributed by atoms with Crippen LogP contribution in [-0.4, -0.2) is 69.3 Å². The summed E-state index contributed by atoms with van der Waals surface area (Å²) in [5.74, 6) is -5.25. The monoisotopic (exact) mass is 746 g/mol. The van der Waals surface area contributed by atoms with Crippen molar-refractivity contribution in [3.63, 3.8) is 0 Å². The Balaban J connectivity index is 1.82. The van der Waals surface area contributed by atoms with Gasteiger partial charge in [-0.1, -0.05) is 0 Å². The maximum Gasteiger partial charge on any atom is 0.300 e. The number of phenolic OH excluding ortho intramolecular Hbond substituents is 4. The van der Waals surface area contributed by atoms with Crippen LogP contribution in [0.1, 0.15) is 0 Å². The lowest BCUT2D eigenvalue weighted by molar-refractivity contribution is 0.445. The standard InChI is InChI=1S/C28H14N2O17S3/c31-9-5-8-18(15-14(9)21(32)6-1-3-10(48(39,40)41)23(34)12(6)25(15)36)30-20-19(29-8)16-17(27(38)28(20)50(45,46)47)22(33)7-2-4-11(49(42,43)44)24(35)13(7)26(16)37/h1-5,29-31,34-35,38H,(H,39,40,41)(H,42,43,44)(H,45,46,47). The van der Waals surface area contributed by atoms with Crippen molar-refractivity contribution in [1.82, 2.24) is 9.97 Å². The second-order valence-corrected chi connectivity index (χ2v) is 15.0. The van der Waals surface area contributed by atoms with Crippen molar-refractivity contribution in [2.24, 2.45) is 0 Å². The molecular formula is C28H14N2O17S3. The topological polar surface area (TPSA) is 344 Å². The lowest BCUT2D eigenvalue weighted by Gasteiger charge is -2.15. The molecule has 9 N–H and O–H groups in total. The van der Waals surface area contributed by atoms with Crippen LogP contribution in [0.15, 0.2) is 64.2 Å². The predicted octanol–water partition coefficient (Wildman–Crippen LogP) is 0.703.